The quantitative estimate of drug-likeness (QED) is 0.779. The largest absolute Gasteiger partial charge is 0.339 e. The molecule has 1 saturated heterocycles. The fourth-order valence-corrected chi connectivity index (χ4v) is 2.70. The second kappa shape index (κ2) is 5.29. The van der Waals surface area contributed by atoms with Gasteiger partial charge in [0.2, 0.25) is 5.91 Å². The molecule has 3 amide bonds. The standard InChI is InChI=1S/C15H17N3O3/c1-10-2-3-11-12(8-10)15(21)18(14(11)20)9-13(19)17-6-4-16-5-7-17/h2-3,8,16H,4-7,9H2,1H3. The van der Waals surface area contributed by atoms with E-state index in [9.17, 15) is 14.4 Å². The molecule has 21 heavy (non-hydrogen) atoms. The molecule has 0 radical (unpaired) electrons. The lowest BCUT2D eigenvalue weighted by Gasteiger charge is -2.28. The van der Waals surface area contributed by atoms with Crippen LogP contribution in [0.25, 0.3) is 0 Å². The number of rotatable bonds is 2. The minimum Gasteiger partial charge on any atom is -0.339 e. The fourth-order valence-electron chi connectivity index (χ4n) is 2.70. The lowest BCUT2D eigenvalue weighted by atomic mass is 10.1. The molecular weight excluding hydrogens is 270 g/mol. The van der Waals surface area contributed by atoms with Gasteiger partial charge in [0.05, 0.1) is 11.1 Å². The summed E-state index contributed by atoms with van der Waals surface area (Å²) in [6.45, 7) is 4.40. The first kappa shape index (κ1) is 13.8. The van der Waals surface area contributed by atoms with Gasteiger partial charge in [0, 0.05) is 26.2 Å². The maximum Gasteiger partial charge on any atom is 0.262 e. The molecule has 6 heteroatoms. The first-order valence-corrected chi connectivity index (χ1v) is 7.03. The molecule has 2 heterocycles. The number of fused-ring (bicyclic) bond motifs is 1. The Morgan fingerprint density at radius 2 is 1.81 bits per heavy atom. The van der Waals surface area contributed by atoms with Crippen LogP contribution in [-0.2, 0) is 4.79 Å². The van der Waals surface area contributed by atoms with E-state index >= 15 is 0 Å². The van der Waals surface area contributed by atoms with Crippen LogP contribution in [0.5, 0.6) is 0 Å². The highest BCUT2D eigenvalue weighted by molar-refractivity contribution is 6.22. The van der Waals surface area contributed by atoms with Crippen LogP contribution in [0, 0.1) is 6.92 Å². The molecule has 0 bridgehead atoms. The van der Waals surface area contributed by atoms with Gasteiger partial charge < -0.3 is 10.2 Å². The normalized spacial score (nSPS) is 18.1. The molecule has 1 N–H and O–H groups in total. The average molecular weight is 287 g/mol. The van der Waals surface area contributed by atoms with Crippen molar-refractivity contribution in [1.82, 2.24) is 15.1 Å². The zero-order valence-electron chi connectivity index (χ0n) is 11.9. The summed E-state index contributed by atoms with van der Waals surface area (Å²) in [4.78, 5) is 39.5. The van der Waals surface area contributed by atoms with E-state index in [2.05, 4.69) is 5.32 Å². The van der Waals surface area contributed by atoms with Crippen LogP contribution in [-0.4, -0.2) is 60.2 Å². The summed E-state index contributed by atoms with van der Waals surface area (Å²) >= 11 is 0. The zero-order chi connectivity index (χ0) is 15.0. The number of imide groups is 1. The van der Waals surface area contributed by atoms with Crippen LogP contribution in [0.4, 0.5) is 0 Å². The Kier molecular flexibility index (Phi) is 3.47. The summed E-state index contributed by atoms with van der Waals surface area (Å²) in [6.07, 6.45) is 0. The average Bonchev–Trinajstić information content (AvgIpc) is 2.73. The van der Waals surface area contributed by atoms with Crippen molar-refractivity contribution in [3.8, 4) is 0 Å². The molecule has 0 unspecified atom stereocenters. The Morgan fingerprint density at radius 1 is 1.14 bits per heavy atom. The number of carbonyl (C=O) groups excluding carboxylic acids is 3. The number of nitrogens with zero attached hydrogens (tertiary/aromatic N) is 2. The number of nitrogens with one attached hydrogen (secondary N) is 1. The maximum absolute atomic E-state index is 12.3. The van der Waals surface area contributed by atoms with Crippen LogP contribution < -0.4 is 5.32 Å². The SMILES string of the molecule is Cc1ccc2c(c1)C(=O)N(CC(=O)N1CCNCC1)C2=O. The third-order valence-corrected chi connectivity index (χ3v) is 3.89. The number of benzene rings is 1. The highest BCUT2D eigenvalue weighted by Crippen LogP contribution is 2.23. The number of aryl methyl sites for hydroxylation is 1. The van der Waals surface area contributed by atoms with Gasteiger partial charge in [0.1, 0.15) is 6.54 Å². The summed E-state index contributed by atoms with van der Waals surface area (Å²) < 4.78 is 0. The lowest BCUT2D eigenvalue weighted by molar-refractivity contribution is -0.132. The van der Waals surface area contributed by atoms with Crippen molar-refractivity contribution < 1.29 is 14.4 Å². The summed E-state index contributed by atoms with van der Waals surface area (Å²) in [5, 5.41) is 3.16. The number of hydrogen-bond acceptors (Lipinski definition) is 4. The van der Waals surface area contributed by atoms with E-state index in [1.807, 2.05) is 6.92 Å². The Morgan fingerprint density at radius 3 is 2.52 bits per heavy atom. The molecule has 0 aliphatic carbocycles. The molecule has 3 rings (SSSR count). The summed E-state index contributed by atoms with van der Waals surface area (Å²) in [7, 11) is 0. The van der Waals surface area contributed by atoms with Gasteiger partial charge in [-0.05, 0) is 19.1 Å². The first-order valence-electron chi connectivity index (χ1n) is 7.03. The van der Waals surface area contributed by atoms with Gasteiger partial charge in [-0.25, -0.2) is 0 Å². The van der Waals surface area contributed by atoms with E-state index in [0.29, 0.717) is 24.2 Å². The number of amides is 3. The minimum atomic E-state index is -0.376. The van der Waals surface area contributed by atoms with Crippen LogP contribution in [0.3, 0.4) is 0 Å². The Labute approximate surface area is 122 Å². The zero-order valence-corrected chi connectivity index (χ0v) is 11.9. The molecule has 0 atom stereocenters. The van der Waals surface area contributed by atoms with Crippen molar-refractivity contribution in [2.45, 2.75) is 6.92 Å². The van der Waals surface area contributed by atoms with Crippen LogP contribution >= 0.6 is 0 Å². The molecular formula is C15H17N3O3. The molecule has 1 fully saturated rings. The Balaban J connectivity index is 1.77. The lowest BCUT2D eigenvalue weighted by Crippen LogP contribution is -2.50. The second-order valence-corrected chi connectivity index (χ2v) is 5.38. The van der Waals surface area contributed by atoms with Crippen molar-refractivity contribution in [3.63, 3.8) is 0 Å². The van der Waals surface area contributed by atoms with Crippen LogP contribution in [0.15, 0.2) is 18.2 Å². The first-order chi connectivity index (χ1) is 10.1. The number of hydrogen-bond donors (Lipinski definition) is 1. The van der Waals surface area contributed by atoms with Gasteiger partial charge in [0.25, 0.3) is 11.8 Å². The molecule has 0 saturated carbocycles. The molecule has 0 spiro atoms. The van der Waals surface area contributed by atoms with Crippen LogP contribution in [0.2, 0.25) is 0 Å². The van der Waals surface area contributed by atoms with Gasteiger partial charge in [-0.2, -0.15) is 0 Å². The number of carbonyl (C=O) groups is 3. The van der Waals surface area contributed by atoms with Crippen LogP contribution in [0.1, 0.15) is 26.3 Å². The Hall–Kier alpha value is -2.21. The van der Waals surface area contributed by atoms with E-state index in [1.54, 1.807) is 23.1 Å². The predicted octanol–water partition coefficient (Wildman–Crippen LogP) is 0.0228. The van der Waals surface area contributed by atoms with Crippen molar-refractivity contribution in [2.75, 3.05) is 32.7 Å². The predicted molar refractivity (Wildman–Crippen MR) is 76.0 cm³/mol. The van der Waals surface area contributed by atoms with Crippen molar-refractivity contribution in [2.24, 2.45) is 0 Å². The Bertz CT molecular complexity index is 621. The summed E-state index contributed by atoms with van der Waals surface area (Å²) in [5.74, 6) is -0.927. The van der Waals surface area contributed by atoms with Crippen molar-refractivity contribution in [1.29, 1.82) is 0 Å². The van der Waals surface area contributed by atoms with Gasteiger partial charge >= 0.3 is 0 Å². The highest BCUT2D eigenvalue weighted by Gasteiger charge is 2.37. The second-order valence-electron chi connectivity index (χ2n) is 5.38. The van der Waals surface area contributed by atoms with Gasteiger partial charge in [-0.15, -0.1) is 0 Å². The number of piperazine rings is 1. The molecule has 2 aliphatic heterocycles. The topological polar surface area (TPSA) is 69.7 Å². The molecule has 1 aromatic carbocycles. The van der Waals surface area contributed by atoms with E-state index in [1.165, 1.54) is 0 Å². The van der Waals surface area contributed by atoms with E-state index in [-0.39, 0.29) is 24.3 Å². The van der Waals surface area contributed by atoms with Crippen molar-refractivity contribution >= 4 is 17.7 Å². The molecule has 110 valence electrons. The third kappa shape index (κ3) is 2.42. The minimum absolute atomic E-state index is 0.175. The highest BCUT2D eigenvalue weighted by atomic mass is 16.2. The smallest absolute Gasteiger partial charge is 0.262 e. The molecule has 1 aromatic rings. The monoisotopic (exact) mass is 287 g/mol. The summed E-state index contributed by atoms with van der Waals surface area (Å²) in [5.41, 5.74) is 1.71. The maximum atomic E-state index is 12.3. The van der Waals surface area contributed by atoms with Gasteiger partial charge in [-0.1, -0.05) is 11.6 Å². The van der Waals surface area contributed by atoms with Crippen molar-refractivity contribution in [3.05, 3.63) is 34.9 Å². The third-order valence-electron chi connectivity index (χ3n) is 3.89. The molecule has 2 aliphatic rings. The fraction of sp³-hybridized carbons (Fsp3) is 0.400. The van der Waals surface area contributed by atoms with E-state index in [4.69, 9.17) is 0 Å². The van der Waals surface area contributed by atoms with E-state index in [0.717, 1.165) is 23.6 Å². The molecule has 6 nitrogen and oxygen atoms in total. The van der Waals surface area contributed by atoms with E-state index < -0.39 is 0 Å². The van der Waals surface area contributed by atoms with Gasteiger partial charge in [0.15, 0.2) is 0 Å². The van der Waals surface area contributed by atoms with Gasteiger partial charge in [-0.3, -0.25) is 19.3 Å². The molecule has 0 aromatic heterocycles. The summed E-state index contributed by atoms with van der Waals surface area (Å²) in [6, 6.07) is 5.15.